The van der Waals surface area contributed by atoms with Crippen molar-refractivity contribution in [1.82, 2.24) is 0 Å². The first-order valence-corrected chi connectivity index (χ1v) is 5.71. The molecule has 2 aromatic rings. The fourth-order valence-corrected chi connectivity index (χ4v) is 1.89. The first kappa shape index (κ1) is 11.3. The standard InChI is InChI=1S/C14H10Cl2/c15-13(11-7-3-1-4-8-11)14(16)12-9-5-2-6-10-12/h1-10H/b14-13+. The normalized spacial score (nSPS) is 12.1. The molecule has 0 saturated heterocycles. The SMILES string of the molecule is Cl/C(=C(/Cl)c1ccccc1)c1ccccc1. The van der Waals surface area contributed by atoms with Crippen LogP contribution in [0, 0.1) is 0 Å². The van der Waals surface area contributed by atoms with Gasteiger partial charge in [0, 0.05) is 0 Å². The summed E-state index contributed by atoms with van der Waals surface area (Å²) in [6.07, 6.45) is 0. The van der Waals surface area contributed by atoms with Crippen molar-refractivity contribution >= 4 is 33.3 Å². The Balaban J connectivity index is 2.43. The van der Waals surface area contributed by atoms with E-state index < -0.39 is 0 Å². The summed E-state index contributed by atoms with van der Waals surface area (Å²) < 4.78 is 0. The highest BCUT2D eigenvalue weighted by Crippen LogP contribution is 2.32. The number of benzene rings is 2. The van der Waals surface area contributed by atoms with Crippen LogP contribution in [0.2, 0.25) is 0 Å². The molecule has 0 atom stereocenters. The fourth-order valence-electron chi connectivity index (χ4n) is 1.42. The van der Waals surface area contributed by atoms with Crippen LogP contribution in [0.3, 0.4) is 0 Å². The molecule has 0 amide bonds. The molecule has 0 heterocycles. The van der Waals surface area contributed by atoms with E-state index in [0.717, 1.165) is 11.1 Å². The molecule has 0 unspecified atom stereocenters. The molecule has 0 fully saturated rings. The van der Waals surface area contributed by atoms with Gasteiger partial charge in [0.1, 0.15) is 0 Å². The van der Waals surface area contributed by atoms with Gasteiger partial charge in [-0.05, 0) is 11.1 Å². The van der Waals surface area contributed by atoms with Crippen LogP contribution < -0.4 is 0 Å². The first-order valence-electron chi connectivity index (χ1n) is 4.95. The van der Waals surface area contributed by atoms with Crippen LogP contribution in [0.4, 0.5) is 0 Å². The second-order valence-electron chi connectivity index (χ2n) is 3.36. The summed E-state index contributed by atoms with van der Waals surface area (Å²) in [6.45, 7) is 0. The van der Waals surface area contributed by atoms with Crippen LogP contribution >= 0.6 is 23.2 Å². The second kappa shape index (κ2) is 5.20. The van der Waals surface area contributed by atoms with Gasteiger partial charge in [0.05, 0.1) is 10.1 Å². The predicted molar refractivity (Wildman–Crippen MR) is 71.4 cm³/mol. The maximum Gasteiger partial charge on any atom is 0.0670 e. The van der Waals surface area contributed by atoms with Crippen LogP contribution in [-0.4, -0.2) is 0 Å². The van der Waals surface area contributed by atoms with Crippen molar-refractivity contribution < 1.29 is 0 Å². The van der Waals surface area contributed by atoms with Gasteiger partial charge < -0.3 is 0 Å². The number of rotatable bonds is 2. The molecule has 0 aromatic heterocycles. The maximum absolute atomic E-state index is 6.24. The average molecular weight is 249 g/mol. The highest BCUT2D eigenvalue weighted by Gasteiger charge is 2.06. The lowest BCUT2D eigenvalue weighted by Gasteiger charge is -2.04. The van der Waals surface area contributed by atoms with E-state index >= 15 is 0 Å². The van der Waals surface area contributed by atoms with Gasteiger partial charge in [-0.3, -0.25) is 0 Å². The lowest BCUT2D eigenvalue weighted by Crippen LogP contribution is -1.81. The van der Waals surface area contributed by atoms with Crippen molar-refractivity contribution in [1.29, 1.82) is 0 Å². The van der Waals surface area contributed by atoms with Gasteiger partial charge in [-0.25, -0.2) is 0 Å². The summed E-state index contributed by atoms with van der Waals surface area (Å²) in [5, 5.41) is 1.15. The third-order valence-corrected chi connectivity index (χ3v) is 3.16. The van der Waals surface area contributed by atoms with Crippen LogP contribution in [0.15, 0.2) is 60.7 Å². The Kier molecular flexibility index (Phi) is 3.66. The Labute approximate surface area is 105 Å². The minimum absolute atomic E-state index is 0.577. The lowest BCUT2D eigenvalue weighted by atomic mass is 10.1. The van der Waals surface area contributed by atoms with Crippen LogP contribution in [0.25, 0.3) is 10.1 Å². The van der Waals surface area contributed by atoms with E-state index in [4.69, 9.17) is 23.2 Å². The number of halogens is 2. The molecule has 0 nitrogen and oxygen atoms in total. The molecule has 80 valence electrons. The minimum atomic E-state index is 0.577. The molecule has 0 N–H and O–H groups in total. The van der Waals surface area contributed by atoms with Gasteiger partial charge in [0.25, 0.3) is 0 Å². The number of hydrogen-bond acceptors (Lipinski definition) is 0. The van der Waals surface area contributed by atoms with Crippen molar-refractivity contribution in [2.45, 2.75) is 0 Å². The van der Waals surface area contributed by atoms with E-state index in [9.17, 15) is 0 Å². The zero-order chi connectivity index (χ0) is 11.4. The minimum Gasteiger partial charge on any atom is -0.0820 e. The molecule has 0 radical (unpaired) electrons. The van der Waals surface area contributed by atoms with Gasteiger partial charge >= 0.3 is 0 Å². The molecular formula is C14H10Cl2. The molecule has 2 heteroatoms. The molecule has 0 saturated carbocycles. The molecule has 0 spiro atoms. The Morgan fingerprint density at radius 1 is 0.562 bits per heavy atom. The van der Waals surface area contributed by atoms with Crippen molar-refractivity contribution in [2.75, 3.05) is 0 Å². The van der Waals surface area contributed by atoms with Crippen LogP contribution in [0.5, 0.6) is 0 Å². The summed E-state index contributed by atoms with van der Waals surface area (Å²) in [6, 6.07) is 19.4. The predicted octanol–water partition coefficient (Wildman–Crippen LogP) is 4.99. The summed E-state index contributed by atoms with van der Waals surface area (Å²) in [5.41, 5.74) is 1.86. The molecular weight excluding hydrogens is 239 g/mol. The zero-order valence-electron chi connectivity index (χ0n) is 8.53. The Hall–Kier alpha value is -1.24. The van der Waals surface area contributed by atoms with E-state index in [0.29, 0.717) is 10.1 Å². The third kappa shape index (κ3) is 2.46. The van der Waals surface area contributed by atoms with E-state index in [2.05, 4.69) is 0 Å². The van der Waals surface area contributed by atoms with E-state index in [1.54, 1.807) is 0 Å². The van der Waals surface area contributed by atoms with Gasteiger partial charge in [0.15, 0.2) is 0 Å². The highest BCUT2D eigenvalue weighted by molar-refractivity contribution is 6.65. The molecule has 2 aromatic carbocycles. The zero-order valence-corrected chi connectivity index (χ0v) is 10.0. The Morgan fingerprint density at radius 2 is 0.875 bits per heavy atom. The van der Waals surface area contributed by atoms with Crippen molar-refractivity contribution in [2.24, 2.45) is 0 Å². The van der Waals surface area contributed by atoms with Crippen LogP contribution in [0.1, 0.15) is 11.1 Å². The van der Waals surface area contributed by atoms with Gasteiger partial charge in [-0.15, -0.1) is 0 Å². The van der Waals surface area contributed by atoms with E-state index in [-0.39, 0.29) is 0 Å². The van der Waals surface area contributed by atoms with Crippen molar-refractivity contribution in [3.05, 3.63) is 71.8 Å². The van der Waals surface area contributed by atoms with E-state index in [1.807, 2.05) is 60.7 Å². The third-order valence-electron chi connectivity index (χ3n) is 2.25. The smallest absolute Gasteiger partial charge is 0.0670 e. The molecule has 0 aliphatic rings. The second-order valence-corrected chi connectivity index (χ2v) is 4.12. The van der Waals surface area contributed by atoms with E-state index in [1.165, 1.54) is 0 Å². The summed E-state index contributed by atoms with van der Waals surface area (Å²) in [5.74, 6) is 0. The summed E-state index contributed by atoms with van der Waals surface area (Å²) in [4.78, 5) is 0. The quantitative estimate of drug-likeness (QED) is 0.657. The monoisotopic (exact) mass is 248 g/mol. The molecule has 0 aliphatic carbocycles. The lowest BCUT2D eigenvalue weighted by molar-refractivity contribution is 1.63. The maximum atomic E-state index is 6.24. The summed E-state index contributed by atoms with van der Waals surface area (Å²) in [7, 11) is 0. The average Bonchev–Trinajstić information content (AvgIpc) is 2.39. The van der Waals surface area contributed by atoms with Gasteiger partial charge in [0.2, 0.25) is 0 Å². The summed E-state index contributed by atoms with van der Waals surface area (Å²) >= 11 is 12.5. The molecule has 16 heavy (non-hydrogen) atoms. The molecule has 2 rings (SSSR count). The first-order chi connectivity index (χ1) is 7.79. The van der Waals surface area contributed by atoms with Gasteiger partial charge in [-0.1, -0.05) is 83.9 Å². The highest BCUT2D eigenvalue weighted by atomic mass is 35.5. The van der Waals surface area contributed by atoms with Crippen molar-refractivity contribution in [3.8, 4) is 0 Å². The Morgan fingerprint density at radius 3 is 1.19 bits per heavy atom. The van der Waals surface area contributed by atoms with Gasteiger partial charge in [-0.2, -0.15) is 0 Å². The van der Waals surface area contributed by atoms with Crippen LogP contribution in [-0.2, 0) is 0 Å². The van der Waals surface area contributed by atoms with Crippen molar-refractivity contribution in [3.63, 3.8) is 0 Å². The molecule has 0 bridgehead atoms. The topological polar surface area (TPSA) is 0 Å². The molecule has 0 aliphatic heterocycles. The number of hydrogen-bond donors (Lipinski definition) is 0. The largest absolute Gasteiger partial charge is 0.0820 e. The Bertz CT molecular complexity index is 439. The fraction of sp³-hybridized carbons (Fsp3) is 0.